The maximum Gasteiger partial charge on any atom is -1.00 e. The van der Waals surface area contributed by atoms with E-state index in [2.05, 4.69) is 98.9 Å². The normalized spacial score (nSPS) is 14.4. The average Bonchev–Trinajstić information content (AvgIpc) is 3.14. The minimum Gasteiger partial charge on any atom is -1.00 e. The molecule has 0 aromatic heterocycles. The number of rotatable bonds is 6. The second-order valence-corrected chi connectivity index (χ2v) is 22.1. The zero-order valence-corrected chi connectivity index (χ0v) is 24.4. The summed E-state index contributed by atoms with van der Waals surface area (Å²) in [6, 6.07) is 27.3. The fourth-order valence-corrected chi connectivity index (χ4v) is 13.9. The van der Waals surface area contributed by atoms with Crippen molar-refractivity contribution in [3.05, 3.63) is 89.5 Å². The molecule has 5 rings (SSSR count). The largest absolute Gasteiger partial charge is 1.00 e. The summed E-state index contributed by atoms with van der Waals surface area (Å²) in [5.74, 6) is -0.127. The van der Waals surface area contributed by atoms with E-state index in [0.29, 0.717) is 0 Å². The first-order chi connectivity index (χ1) is 15.2. The Morgan fingerprint density at radius 3 is 2.21 bits per heavy atom. The zero-order valence-electron chi connectivity index (χ0n) is 19.5. The summed E-state index contributed by atoms with van der Waals surface area (Å²) >= 11 is -0.421. The molecule has 0 nitrogen and oxygen atoms in total. The van der Waals surface area contributed by atoms with Crippen LogP contribution in [0, 0.1) is 0 Å². The topological polar surface area (TPSA) is 0 Å². The van der Waals surface area contributed by atoms with Crippen LogP contribution in [-0.2, 0) is 22.4 Å². The van der Waals surface area contributed by atoms with Crippen molar-refractivity contribution in [1.82, 2.24) is 0 Å². The van der Waals surface area contributed by atoms with Crippen molar-refractivity contribution >= 4 is 33.5 Å². The van der Waals surface area contributed by atoms with Crippen LogP contribution in [0.5, 0.6) is 0 Å². The van der Waals surface area contributed by atoms with Crippen LogP contribution in [0.15, 0.2) is 78.4 Å². The van der Waals surface area contributed by atoms with Crippen LogP contribution in [0.1, 0.15) is 40.9 Å². The van der Waals surface area contributed by atoms with Gasteiger partial charge in [-0.2, -0.15) is 0 Å². The molecule has 33 heavy (non-hydrogen) atoms. The summed E-state index contributed by atoms with van der Waals surface area (Å²) in [7, 11) is 0. The van der Waals surface area contributed by atoms with E-state index in [9.17, 15) is 0 Å². The fraction of sp³-hybridized carbons (Fsp3) is 0.241. The molecule has 0 fully saturated rings. The van der Waals surface area contributed by atoms with E-state index in [4.69, 9.17) is 0 Å². The number of fused-ring (bicyclic) bond motifs is 4. The third kappa shape index (κ3) is 5.10. The van der Waals surface area contributed by atoms with E-state index < -0.39 is 22.4 Å². The molecule has 1 radical (unpaired) electrons. The summed E-state index contributed by atoms with van der Waals surface area (Å²) in [4.78, 5) is 0. The molecule has 0 amide bonds. The van der Waals surface area contributed by atoms with Crippen LogP contribution in [0.4, 0.5) is 0 Å². The Morgan fingerprint density at radius 2 is 1.48 bits per heavy atom. The quantitative estimate of drug-likeness (QED) is 0.248. The minimum atomic E-state index is -0.421. The van der Waals surface area contributed by atoms with Crippen LogP contribution in [0.2, 0.25) is 13.1 Å². The van der Waals surface area contributed by atoms with Gasteiger partial charge in [0, 0.05) is 0 Å². The number of halogens is 2. The Labute approximate surface area is 222 Å². The molecule has 4 aromatic carbocycles. The van der Waals surface area contributed by atoms with Crippen LogP contribution >= 0.6 is 0 Å². The Hall–Kier alpha value is -1.18. The van der Waals surface area contributed by atoms with Crippen LogP contribution in [-0.4, -0.2) is 5.92 Å². The molecule has 0 spiro atoms. The van der Waals surface area contributed by atoms with Gasteiger partial charge in [0.1, 0.15) is 0 Å². The molecule has 0 N–H and O–H groups in total. The van der Waals surface area contributed by atoms with Crippen molar-refractivity contribution in [1.29, 1.82) is 0 Å². The monoisotopic (exact) mass is 565 g/mol. The first kappa shape index (κ1) is 26.4. The molecule has 0 heterocycles. The number of hydrogen-bond donors (Lipinski definition) is 0. The molecular weight excluding hydrogens is 539 g/mol. The molecule has 4 aromatic rings. The minimum absolute atomic E-state index is 0. The number of hydrogen-bond acceptors (Lipinski definition) is 0. The van der Waals surface area contributed by atoms with Gasteiger partial charge in [-0.25, -0.2) is 0 Å². The molecule has 1 aliphatic rings. The van der Waals surface area contributed by atoms with Crippen molar-refractivity contribution in [2.75, 3.05) is 0 Å². The first-order valence-corrected chi connectivity index (χ1v) is 19.1. The van der Waals surface area contributed by atoms with Gasteiger partial charge < -0.3 is 24.8 Å². The van der Waals surface area contributed by atoms with Crippen molar-refractivity contribution in [3.63, 3.8) is 0 Å². The number of benzene rings is 4. The zero-order chi connectivity index (χ0) is 21.4. The Morgan fingerprint density at radius 1 is 0.788 bits per heavy atom. The van der Waals surface area contributed by atoms with E-state index in [1.807, 2.05) is 0 Å². The molecule has 1 atom stereocenters. The standard InChI is InChI=1S/C27H23.C2H6Si.2ClH.Zr/c1-2-3-9-19-16-20-11-8-15-25(26(20)17-19)27-18-21-10-4-5-12-22(21)23-13-6-7-14-24(23)27;1-3-2;;;/h4-8,10-18H,2-3,9H2,1H3;1-2H3;2*1H;/q;;;;+2/p-2. The Kier molecular flexibility index (Phi) is 9.21. The van der Waals surface area contributed by atoms with Gasteiger partial charge in [-0.15, -0.1) is 0 Å². The summed E-state index contributed by atoms with van der Waals surface area (Å²) < 4.78 is 0.792. The van der Waals surface area contributed by atoms with Crippen LogP contribution in [0.3, 0.4) is 0 Å². The van der Waals surface area contributed by atoms with E-state index in [1.165, 1.54) is 57.5 Å². The van der Waals surface area contributed by atoms with Gasteiger partial charge >= 0.3 is 199 Å². The second kappa shape index (κ2) is 11.5. The maximum absolute atomic E-state index is 2.60. The van der Waals surface area contributed by atoms with E-state index >= 15 is 0 Å². The Bertz CT molecular complexity index is 1300. The average molecular weight is 568 g/mol. The van der Waals surface area contributed by atoms with E-state index in [-0.39, 0.29) is 30.7 Å². The fourth-order valence-electron chi connectivity index (χ4n) is 5.03. The van der Waals surface area contributed by atoms with Gasteiger partial charge in [0.25, 0.3) is 0 Å². The predicted molar refractivity (Wildman–Crippen MR) is 135 cm³/mol. The molecular formula is C29H29Cl2SiZr. The molecule has 0 saturated carbocycles. The van der Waals surface area contributed by atoms with Crippen molar-refractivity contribution in [2.24, 2.45) is 0 Å². The second-order valence-electron chi connectivity index (χ2n) is 8.90. The molecule has 0 aliphatic heterocycles. The van der Waals surface area contributed by atoms with Gasteiger partial charge in [-0.3, -0.25) is 0 Å². The molecule has 1 aliphatic carbocycles. The van der Waals surface area contributed by atoms with E-state index in [1.54, 1.807) is 11.1 Å². The van der Waals surface area contributed by atoms with Gasteiger partial charge in [0.2, 0.25) is 0 Å². The van der Waals surface area contributed by atoms with Crippen LogP contribution < -0.4 is 24.8 Å². The summed E-state index contributed by atoms with van der Waals surface area (Å²) in [5.41, 5.74) is 7.71. The van der Waals surface area contributed by atoms with Crippen LogP contribution in [0.25, 0.3) is 38.7 Å². The number of allylic oxidation sites excluding steroid dienone is 1. The van der Waals surface area contributed by atoms with E-state index in [0.717, 1.165) is 3.63 Å². The molecule has 4 heteroatoms. The van der Waals surface area contributed by atoms with Gasteiger partial charge in [-0.1, -0.05) is 0 Å². The smallest absolute Gasteiger partial charge is 1.00 e. The number of unbranched alkanes of at least 4 members (excludes halogenated alkanes) is 1. The third-order valence-electron chi connectivity index (χ3n) is 6.46. The molecule has 167 valence electrons. The summed E-state index contributed by atoms with van der Waals surface area (Å²) in [6.07, 6.45) is 6.48. The van der Waals surface area contributed by atoms with Crippen molar-refractivity contribution in [2.45, 2.75) is 42.9 Å². The van der Waals surface area contributed by atoms with Crippen molar-refractivity contribution < 1.29 is 47.2 Å². The SMILES string of the molecule is CCCCC1=Cc2c(-c3cc4ccccc4c4ccccc34)cccc2[CH]1[Zr+2][Si](C)C.[Cl-].[Cl-]. The van der Waals surface area contributed by atoms with Gasteiger partial charge in [0.05, 0.1) is 0 Å². The Balaban J connectivity index is 0.00000153. The van der Waals surface area contributed by atoms with Crippen molar-refractivity contribution in [3.8, 4) is 11.1 Å². The molecule has 0 bridgehead atoms. The third-order valence-corrected chi connectivity index (χ3v) is 15.4. The first-order valence-electron chi connectivity index (χ1n) is 11.5. The summed E-state index contributed by atoms with van der Waals surface area (Å²) in [6.45, 7) is 7.39. The maximum atomic E-state index is 2.60. The van der Waals surface area contributed by atoms with Gasteiger partial charge in [0.15, 0.2) is 0 Å². The molecule has 0 saturated heterocycles. The summed E-state index contributed by atoms with van der Waals surface area (Å²) in [5, 5.41) is 5.42. The molecule has 1 unspecified atom stereocenters. The predicted octanol–water partition coefficient (Wildman–Crippen LogP) is 2.63. The van der Waals surface area contributed by atoms with Gasteiger partial charge in [-0.05, 0) is 0 Å².